The molecule has 6 nitrogen and oxygen atoms in total. The van der Waals surface area contributed by atoms with Crippen molar-refractivity contribution in [3.05, 3.63) is 48.4 Å². The minimum atomic E-state index is 0.484. The Morgan fingerprint density at radius 2 is 2.05 bits per heavy atom. The van der Waals surface area contributed by atoms with Crippen LogP contribution in [0.3, 0.4) is 0 Å². The quantitative estimate of drug-likeness (QED) is 0.726. The van der Waals surface area contributed by atoms with Crippen LogP contribution in [0.4, 0.5) is 0 Å². The highest BCUT2D eigenvalue weighted by atomic mass is 16.5. The van der Waals surface area contributed by atoms with Gasteiger partial charge in [-0.25, -0.2) is 4.68 Å². The fraction of sp³-hybridized carbons (Fsp3) is 0.143. The third kappa shape index (κ3) is 2.23. The van der Waals surface area contributed by atoms with Gasteiger partial charge < -0.3 is 4.74 Å². The molecule has 0 radical (unpaired) electrons. The topological polar surface area (TPSA) is 65.7 Å². The molecule has 3 aromatic rings. The summed E-state index contributed by atoms with van der Waals surface area (Å²) in [5, 5.41) is 12.6. The average Bonchev–Trinajstić information content (AvgIpc) is 2.90. The van der Waals surface area contributed by atoms with Gasteiger partial charge >= 0.3 is 0 Å². The van der Waals surface area contributed by atoms with Crippen molar-refractivity contribution in [2.45, 2.75) is 6.92 Å². The number of pyridine rings is 1. The van der Waals surface area contributed by atoms with Gasteiger partial charge in [-0.3, -0.25) is 4.98 Å². The van der Waals surface area contributed by atoms with Crippen LogP contribution in [0.25, 0.3) is 17.1 Å². The van der Waals surface area contributed by atoms with E-state index in [4.69, 9.17) is 4.74 Å². The Morgan fingerprint density at radius 1 is 1.15 bits per heavy atom. The third-order valence-electron chi connectivity index (χ3n) is 2.83. The fourth-order valence-electron chi connectivity index (χ4n) is 1.92. The monoisotopic (exact) mass is 267 g/mol. The summed E-state index contributed by atoms with van der Waals surface area (Å²) in [7, 11) is 1.56. The third-order valence-corrected chi connectivity index (χ3v) is 2.83. The zero-order chi connectivity index (χ0) is 13.9. The van der Waals surface area contributed by atoms with E-state index in [1.807, 2.05) is 31.2 Å². The Labute approximate surface area is 116 Å². The first-order chi connectivity index (χ1) is 9.78. The Kier molecular flexibility index (Phi) is 3.12. The summed E-state index contributed by atoms with van der Waals surface area (Å²) in [5.74, 6) is 0.484. The van der Waals surface area contributed by atoms with Crippen LogP contribution < -0.4 is 4.74 Å². The molecule has 0 fully saturated rings. The molecule has 0 aliphatic heterocycles. The summed E-state index contributed by atoms with van der Waals surface area (Å²) in [4.78, 5) is 4.12. The number of methoxy groups -OCH3 is 1. The van der Waals surface area contributed by atoms with Gasteiger partial charge in [0.2, 0.25) is 5.88 Å². The van der Waals surface area contributed by atoms with Gasteiger partial charge in [0.25, 0.3) is 0 Å². The predicted molar refractivity (Wildman–Crippen MR) is 73.7 cm³/mol. The largest absolute Gasteiger partial charge is 0.480 e. The molecular formula is C14H13N5O. The highest BCUT2D eigenvalue weighted by Gasteiger charge is 2.11. The van der Waals surface area contributed by atoms with E-state index in [0.717, 1.165) is 22.8 Å². The molecule has 0 bridgehead atoms. The van der Waals surface area contributed by atoms with Crippen LogP contribution in [0.15, 0.2) is 42.7 Å². The van der Waals surface area contributed by atoms with E-state index in [2.05, 4.69) is 20.3 Å². The summed E-state index contributed by atoms with van der Waals surface area (Å²) >= 11 is 0. The first kappa shape index (κ1) is 12.3. The van der Waals surface area contributed by atoms with Gasteiger partial charge in [-0.1, -0.05) is 0 Å². The molecule has 0 saturated carbocycles. The second-order valence-corrected chi connectivity index (χ2v) is 4.25. The van der Waals surface area contributed by atoms with Crippen LogP contribution in [0, 0.1) is 6.92 Å². The summed E-state index contributed by atoms with van der Waals surface area (Å²) in [5.41, 5.74) is 3.38. The maximum absolute atomic E-state index is 5.02. The van der Waals surface area contributed by atoms with E-state index in [-0.39, 0.29) is 0 Å². The van der Waals surface area contributed by atoms with E-state index < -0.39 is 0 Å². The molecule has 0 saturated heterocycles. The van der Waals surface area contributed by atoms with Gasteiger partial charge in [-0.15, -0.1) is 10.2 Å². The van der Waals surface area contributed by atoms with Crippen LogP contribution in [-0.2, 0) is 0 Å². The summed E-state index contributed by atoms with van der Waals surface area (Å²) < 4.78 is 6.82. The molecule has 3 rings (SSSR count). The van der Waals surface area contributed by atoms with Gasteiger partial charge in [0.1, 0.15) is 5.69 Å². The first-order valence-corrected chi connectivity index (χ1v) is 6.13. The standard InChI is InChI=1S/C14H13N5O/c1-10-8-13(12-5-6-14(20-2)17-16-12)19(18-10)11-4-3-7-15-9-11/h3-9H,1-2H3. The zero-order valence-electron chi connectivity index (χ0n) is 11.2. The zero-order valence-corrected chi connectivity index (χ0v) is 11.2. The lowest BCUT2D eigenvalue weighted by molar-refractivity contribution is 0.392. The van der Waals surface area contributed by atoms with E-state index in [9.17, 15) is 0 Å². The van der Waals surface area contributed by atoms with Gasteiger partial charge in [-0.05, 0) is 31.2 Å². The lowest BCUT2D eigenvalue weighted by Gasteiger charge is -2.06. The van der Waals surface area contributed by atoms with Crippen LogP contribution >= 0.6 is 0 Å². The molecule has 0 amide bonds. The minimum Gasteiger partial charge on any atom is -0.480 e. The molecule has 20 heavy (non-hydrogen) atoms. The van der Waals surface area contributed by atoms with Crippen molar-refractivity contribution < 1.29 is 4.74 Å². The van der Waals surface area contributed by atoms with Crippen molar-refractivity contribution in [1.82, 2.24) is 25.0 Å². The highest BCUT2D eigenvalue weighted by Crippen LogP contribution is 2.22. The Hall–Kier alpha value is -2.76. The van der Waals surface area contributed by atoms with Crippen molar-refractivity contribution >= 4 is 0 Å². The molecular weight excluding hydrogens is 254 g/mol. The molecule has 0 aliphatic rings. The second kappa shape index (κ2) is 5.08. The Balaban J connectivity index is 2.09. The predicted octanol–water partition coefficient (Wildman–Crippen LogP) is 2.04. The van der Waals surface area contributed by atoms with Gasteiger partial charge in [0.05, 0.1) is 30.4 Å². The molecule has 100 valence electrons. The summed E-state index contributed by atoms with van der Waals surface area (Å²) in [6.45, 7) is 1.94. The van der Waals surface area contributed by atoms with Crippen molar-refractivity contribution in [2.75, 3.05) is 7.11 Å². The number of hydrogen-bond donors (Lipinski definition) is 0. The minimum absolute atomic E-state index is 0.484. The van der Waals surface area contributed by atoms with Crippen LogP contribution in [0.1, 0.15) is 5.69 Å². The van der Waals surface area contributed by atoms with Crippen LogP contribution in [0.5, 0.6) is 5.88 Å². The number of aryl methyl sites for hydroxylation is 1. The lowest BCUT2D eigenvalue weighted by Crippen LogP contribution is -2.01. The van der Waals surface area contributed by atoms with E-state index in [1.54, 1.807) is 30.3 Å². The number of aromatic nitrogens is 5. The van der Waals surface area contributed by atoms with Gasteiger partial charge in [0, 0.05) is 12.3 Å². The number of rotatable bonds is 3. The lowest BCUT2D eigenvalue weighted by atomic mass is 10.2. The van der Waals surface area contributed by atoms with Gasteiger partial charge in [0.15, 0.2) is 0 Å². The molecule has 6 heteroatoms. The number of nitrogens with zero attached hydrogens (tertiary/aromatic N) is 5. The maximum Gasteiger partial charge on any atom is 0.233 e. The normalized spacial score (nSPS) is 10.5. The van der Waals surface area contributed by atoms with Crippen LogP contribution in [0.2, 0.25) is 0 Å². The molecule has 0 atom stereocenters. The van der Waals surface area contributed by atoms with Crippen molar-refractivity contribution in [1.29, 1.82) is 0 Å². The fourth-order valence-corrected chi connectivity index (χ4v) is 1.92. The Morgan fingerprint density at radius 3 is 2.70 bits per heavy atom. The summed E-state index contributed by atoms with van der Waals surface area (Å²) in [6.07, 6.45) is 3.49. The van der Waals surface area contributed by atoms with Crippen molar-refractivity contribution in [3.63, 3.8) is 0 Å². The molecule has 0 aromatic carbocycles. The molecule has 0 N–H and O–H groups in total. The first-order valence-electron chi connectivity index (χ1n) is 6.13. The average molecular weight is 267 g/mol. The smallest absolute Gasteiger partial charge is 0.233 e. The molecule has 3 aromatic heterocycles. The molecule has 3 heterocycles. The molecule has 0 aliphatic carbocycles. The van der Waals surface area contributed by atoms with E-state index in [1.165, 1.54) is 0 Å². The van der Waals surface area contributed by atoms with E-state index >= 15 is 0 Å². The van der Waals surface area contributed by atoms with Crippen LogP contribution in [-0.4, -0.2) is 32.1 Å². The maximum atomic E-state index is 5.02. The molecule has 0 spiro atoms. The number of ether oxygens (including phenoxy) is 1. The van der Waals surface area contributed by atoms with Crippen molar-refractivity contribution in [2.24, 2.45) is 0 Å². The summed E-state index contributed by atoms with van der Waals surface area (Å²) in [6, 6.07) is 9.41. The van der Waals surface area contributed by atoms with Gasteiger partial charge in [-0.2, -0.15) is 5.10 Å². The SMILES string of the molecule is COc1ccc(-c2cc(C)nn2-c2cccnc2)nn1. The van der Waals surface area contributed by atoms with Crippen molar-refractivity contribution in [3.8, 4) is 23.0 Å². The number of hydrogen-bond acceptors (Lipinski definition) is 5. The second-order valence-electron chi connectivity index (χ2n) is 4.25. The van der Waals surface area contributed by atoms with E-state index in [0.29, 0.717) is 5.88 Å². The highest BCUT2D eigenvalue weighted by molar-refractivity contribution is 5.58. The molecule has 0 unspecified atom stereocenters. The Bertz CT molecular complexity index is 706.